The summed E-state index contributed by atoms with van der Waals surface area (Å²) in [7, 11) is 1.63. The molecule has 1 aliphatic heterocycles. The third-order valence-electron chi connectivity index (χ3n) is 4.80. The Morgan fingerprint density at radius 1 is 1.27 bits per heavy atom. The first-order valence-electron chi connectivity index (χ1n) is 8.47. The highest BCUT2D eigenvalue weighted by molar-refractivity contribution is 6.15. The number of phenolic OH excluding ortho intramolecular Hbond substituents is 1. The molecule has 1 N–H and O–H groups in total. The second kappa shape index (κ2) is 5.95. The average molecular weight is 349 g/mol. The first kappa shape index (κ1) is 16.3. The van der Waals surface area contributed by atoms with Crippen LogP contribution in [-0.4, -0.2) is 22.6 Å². The summed E-state index contributed by atoms with van der Waals surface area (Å²) in [5.41, 5.74) is 3.00. The van der Waals surface area contributed by atoms with Gasteiger partial charge in [-0.15, -0.1) is 0 Å². The van der Waals surface area contributed by atoms with Gasteiger partial charge < -0.3 is 19.1 Å². The van der Waals surface area contributed by atoms with Crippen LogP contribution in [0.5, 0.6) is 17.2 Å². The largest absolute Gasteiger partial charge is 0.508 e. The van der Waals surface area contributed by atoms with E-state index in [0.29, 0.717) is 16.9 Å². The lowest BCUT2D eigenvalue weighted by Crippen LogP contribution is -1.97. The number of aromatic nitrogens is 1. The van der Waals surface area contributed by atoms with Gasteiger partial charge in [-0.3, -0.25) is 4.79 Å². The Labute approximate surface area is 151 Å². The van der Waals surface area contributed by atoms with Gasteiger partial charge in [0.05, 0.1) is 12.7 Å². The number of carbonyl (C=O) groups excluding carboxylic acids is 1. The highest BCUT2D eigenvalue weighted by atomic mass is 16.5. The summed E-state index contributed by atoms with van der Waals surface area (Å²) in [6, 6.07) is 9.00. The van der Waals surface area contributed by atoms with Gasteiger partial charge in [0, 0.05) is 34.8 Å². The van der Waals surface area contributed by atoms with Gasteiger partial charge in [0.15, 0.2) is 5.76 Å². The van der Waals surface area contributed by atoms with Gasteiger partial charge in [0.1, 0.15) is 17.2 Å². The minimum absolute atomic E-state index is 0.116. The molecular formula is C21H19NO4. The van der Waals surface area contributed by atoms with Crippen LogP contribution < -0.4 is 9.47 Å². The van der Waals surface area contributed by atoms with Crippen LogP contribution in [0.2, 0.25) is 0 Å². The zero-order valence-corrected chi connectivity index (χ0v) is 14.9. The summed E-state index contributed by atoms with van der Waals surface area (Å²) in [6.45, 7) is 4.62. The molecule has 5 nitrogen and oxygen atoms in total. The highest BCUT2D eigenvalue weighted by Gasteiger charge is 2.30. The molecule has 0 spiro atoms. The molecule has 0 fully saturated rings. The predicted octanol–water partition coefficient (Wildman–Crippen LogP) is 4.30. The molecule has 2 aromatic carbocycles. The summed E-state index contributed by atoms with van der Waals surface area (Å²) in [5.74, 6) is 1.38. The molecule has 4 rings (SSSR count). The maximum Gasteiger partial charge on any atom is 0.231 e. The van der Waals surface area contributed by atoms with Crippen LogP contribution in [0, 0.1) is 6.92 Å². The lowest BCUT2D eigenvalue weighted by Gasteiger charge is -2.04. The van der Waals surface area contributed by atoms with Gasteiger partial charge >= 0.3 is 0 Å². The van der Waals surface area contributed by atoms with E-state index in [2.05, 4.69) is 11.5 Å². The number of Topliss-reactive ketones (excluding diaryl/α,β-unsaturated/α-hetero) is 1. The number of carbonyl (C=O) groups is 1. The van der Waals surface area contributed by atoms with Gasteiger partial charge in [-0.1, -0.05) is 0 Å². The van der Waals surface area contributed by atoms with Crippen molar-refractivity contribution in [3.05, 3.63) is 59.0 Å². The lowest BCUT2D eigenvalue weighted by molar-refractivity contribution is 0.101. The van der Waals surface area contributed by atoms with Crippen LogP contribution in [-0.2, 0) is 6.54 Å². The average Bonchev–Trinajstić information content (AvgIpc) is 3.16. The SMILES string of the molecule is CCn1cc(/C=C2/Oc3c(ccc(O)c3C)C2=O)c2cc(OC)ccc21. The van der Waals surface area contributed by atoms with Crippen molar-refractivity contribution in [2.24, 2.45) is 0 Å². The third kappa shape index (κ3) is 2.36. The number of allylic oxidation sites excluding steroid dienone is 1. The second-order valence-electron chi connectivity index (χ2n) is 6.28. The van der Waals surface area contributed by atoms with Crippen LogP contribution in [0.25, 0.3) is 17.0 Å². The van der Waals surface area contributed by atoms with E-state index in [-0.39, 0.29) is 17.3 Å². The molecule has 0 unspecified atom stereocenters. The van der Waals surface area contributed by atoms with Crippen LogP contribution in [0.3, 0.4) is 0 Å². The quantitative estimate of drug-likeness (QED) is 0.716. The number of hydrogen-bond acceptors (Lipinski definition) is 4. The summed E-state index contributed by atoms with van der Waals surface area (Å²) in [4.78, 5) is 12.7. The number of nitrogens with zero attached hydrogens (tertiary/aromatic N) is 1. The first-order chi connectivity index (χ1) is 12.5. The predicted molar refractivity (Wildman–Crippen MR) is 99.9 cm³/mol. The second-order valence-corrected chi connectivity index (χ2v) is 6.28. The Hall–Kier alpha value is -3.21. The molecule has 0 saturated carbocycles. The number of ether oxygens (including phenoxy) is 2. The molecule has 0 radical (unpaired) electrons. The Bertz CT molecular complexity index is 1080. The number of rotatable bonds is 3. The molecular weight excluding hydrogens is 330 g/mol. The number of aryl methyl sites for hydroxylation is 1. The number of fused-ring (bicyclic) bond motifs is 2. The van der Waals surface area contributed by atoms with Crippen molar-refractivity contribution in [1.29, 1.82) is 0 Å². The summed E-state index contributed by atoms with van der Waals surface area (Å²) in [6.07, 6.45) is 3.76. The van der Waals surface area contributed by atoms with Crippen molar-refractivity contribution in [3.8, 4) is 17.2 Å². The van der Waals surface area contributed by atoms with Crippen LogP contribution in [0.15, 0.2) is 42.3 Å². The zero-order valence-electron chi connectivity index (χ0n) is 14.9. The fourth-order valence-corrected chi connectivity index (χ4v) is 3.32. The van der Waals surface area contributed by atoms with Gasteiger partial charge in [0.2, 0.25) is 5.78 Å². The van der Waals surface area contributed by atoms with Crippen LogP contribution in [0.4, 0.5) is 0 Å². The number of phenols is 1. The van der Waals surface area contributed by atoms with Crippen molar-refractivity contribution in [1.82, 2.24) is 4.57 Å². The van der Waals surface area contributed by atoms with E-state index in [4.69, 9.17) is 9.47 Å². The van der Waals surface area contributed by atoms with E-state index in [1.54, 1.807) is 26.2 Å². The van der Waals surface area contributed by atoms with E-state index in [1.807, 2.05) is 24.4 Å². The molecule has 2 heterocycles. The van der Waals surface area contributed by atoms with E-state index in [1.165, 1.54) is 6.07 Å². The smallest absolute Gasteiger partial charge is 0.231 e. The van der Waals surface area contributed by atoms with Crippen LogP contribution >= 0.6 is 0 Å². The molecule has 3 aromatic rings. The number of hydrogen-bond donors (Lipinski definition) is 1. The Balaban J connectivity index is 1.85. The van der Waals surface area contributed by atoms with E-state index >= 15 is 0 Å². The Morgan fingerprint density at radius 3 is 2.81 bits per heavy atom. The van der Waals surface area contributed by atoms with Gasteiger partial charge in [-0.25, -0.2) is 0 Å². The first-order valence-corrected chi connectivity index (χ1v) is 8.47. The monoisotopic (exact) mass is 349 g/mol. The fraction of sp³-hybridized carbons (Fsp3) is 0.190. The van der Waals surface area contributed by atoms with E-state index in [9.17, 15) is 9.90 Å². The molecule has 1 aliphatic rings. The minimum atomic E-state index is -0.177. The standard InChI is InChI=1S/C21H19NO4/c1-4-22-11-13(16-10-14(25-3)5-7-17(16)22)9-19-20(24)15-6-8-18(23)12(2)21(15)26-19/h5-11,23H,4H2,1-3H3/b19-9+. The summed E-state index contributed by atoms with van der Waals surface area (Å²) < 4.78 is 13.2. The van der Waals surface area contributed by atoms with Crippen molar-refractivity contribution >= 4 is 22.8 Å². The number of ketones is 1. The topological polar surface area (TPSA) is 60.7 Å². The number of methoxy groups -OCH3 is 1. The van der Waals surface area contributed by atoms with Crippen molar-refractivity contribution < 1.29 is 19.4 Å². The van der Waals surface area contributed by atoms with Gasteiger partial charge in [-0.2, -0.15) is 0 Å². The number of aromatic hydroxyl groups is 1. The molecule has 26 heavy (non-hydrogen) atoms. The molecule has 1 aromatic heterocycles. The van der Waals surface area contributed by atoms with Gasteiger partial charge in [0.25, 0.3) is 0 Å². The molecule has 5 heteroatoms. The van der Waals surface area contributed by atoms with Crippen molar-refractivity contribution in [2.45, 2.75) is 20.4 Å². The molecule has 0 atom stereocenters. The van der Waals surface area contributed by atoms with Gasteiger partial charge in [-0.05, 0) is 50.3 Å². The molecule has 132 valence electrons. The Kier molecular flexibility index (Phi) is 3.72. The zero-order chi connectivity index (χ0) is 18.4. The molecule has 0 saturated heterocycles. The summed E-state index contributed by atoms with van der Waals surface area (Å²) >= 11 is 0. The van der Waals surface area contributed by atoms with Crippen LogP contribution in [0.1, 0.15) is 28.4 Å². The minimum Gasteiger partial charge on any atom is -0.508 e. The van der Waals surface area contributed by atoms with Crippen molar-refractivity contribution in [3.63, 3.8) is 0 Å². The molecule has 0 bridgehead atoms. The number of benzene rings is 2. The molecule has 0 amide bonds. The lowest BCUT2D eigenvalue weighted by atomic mass is 10.1. The third-order valence-corrected chi connectivity index (χ3v) is 4.80. The maximum absolute atomic E-state index is 12.7. The highest BCUT2D eigenvalue weighted by Crippen LogP contribution is 2.39. The Morgan fingerprint density at radius 2 is 2.08 bits per heavy atom. The normalized spacial score (nSPS) is 14.7. The fourth-order valence-electron chi connectivity index (χ4n) is 3.32. The van der Waals surface area contributed by atoms with E-state index in [0.717, 1.165) is 28.8 Å². The molecule has 0 aliphatic carbocycles. The van der Waals surface area contributed by atoms with E-state index < -0.39 is 0 Å². The maximum atomic E-state index is 12.7. The van der Waals surface area contributed by atoms with Crippen molar-refractivity contribution in [2.75, 3.05) is 7.11 Å². The summed E-state index contributed by atoms with van der Waals surface area (Å²) in [5, 5.41) is 10.8.